The fraction of sp³-hybridized carbons (Fsp3) is 1.00. The lowest BCUT2D eigenvalue weighted by molar-refractivity contribution is 0.265. The molecule has 3 atom stereocenters. The van der Waals surface area contributed by atoms with Gasteiger partial charge in [0.2, 0.25) is 0 Å². The van der Waals surface area contributed by atoms with Crippen LogP contribution in [-0.2, 0) is 0 Å². The number of rotatable bonds is 3. The summed E-state index contributed by atoms with van der Waals surface area (Å²) in [5.41, 5.74) is 0.376. The van der Waals surface area contributed by atoms with Gasteiger partial charge in [-0.2, -0.15) is 0 Å². The van der Waals surface area contributed by atoms with Gasteiger partial charge < -0.3 is 10.6 Å². The molecule has 13 heavy (non-hydrogen) atoms. The quantitative estimate of drug-likeness (QED) is 0.691. The summed E-state index contributed by atoms with van der Waals surface area (Å²) < 4.78 is 0. The van der Waals surface area contributed by atoms with Gasteiger partial charge in [0.25, 0.3) is 0 Å². The van der Waals surface area contributed by atoms with E-state index in [-0.39, 0.29) is 0 Å². The van der Waals surface area contributed by atoms with Crippen molar-refractivity contribution in [1.29, 1.82) is 0 Å². The average molecular weight is 182 g/mol. The van der Waals surface area contributed by atoms with Gasteiger partial charge in [-0.1, -0.05) is 13.3 Å². The lowest BCUT2D eigenvalue weighted by Gasteiger charge is -2.35. The second-order valence-electron chi connectivity index (χ2n) is 5.14. The van der Waals surface area contributed by atoms with Crippen molar-refractivity contribution < 1.29 is 0 Å². The van der Waals surface area contributed by atoms with E-state index in [1.54, 1.807) is 0 Å². The minimum atomic E-state index is 0.376. The van der Waals surface area contributed by atoms with Gasteiger partial charge in [0, 0.05) is 18.1 Å². The molecule has 2 aliphatic rings. The summed E-state index contributed by atoms with van der Waals surface area (Å²) in [7, 11) is 0. The molecule has 1 heterocycles. The highest BCUT2D eigenvalue weighted by atomic mass is 15.1. The molecule has 1 saturated heterocycles. The predicted molar refractivity (Wildman–Crippen MR) is 55.8 cm³/mol. The molecule has 1 aliphatic heterocycles. The van der Waals surface area contributed by atoms with E-state index in [1.165, 1.54) is 32.2 Å². The van der Waals surface area contributed by atoms with Crippen LogP contribution >= 0.6 is 0 Å². The van der Waals surface area contributed by atoms with Crippen LogP contribution in [0.25, 0.3) is 0 Å². The SMILES string of the molecule is CC1CC1NCC1(C)CCCCN1. The second kappa shape index (κ2) is 3.58. The van der Waals surface area contributed by atoms with Crippen molar-refractivity contribution >= 4 is 0 Å². The third-order valence-corrected chi connectivity index (χ3v) is 3.57. The first kappa shape index (κ1) is 9.47. The van der Waals surface area contributed by atoms with E-state index in [9.17, 15) is 0 Å². The molecule has 0 aromatic rings. The summed E-state index contributed by atoms with van der Waals surface area (Å²) in [4.78, 5) is 0. The summed E-state index contributed by atoms with van der Waals surface area (Å²) in [6.07, 6.45) is 5.47. The molecule has 1 saturated carbocycles. The minimum Gasteiger partial charge on any atom is -0.312 e. The van der Waals surface area contributed by atoms with Gasteiger partial charge in [-0.25, -0.2) is 0 Å². The first-order valence-corrected chi connectivity index (χ1v) is 5.68. The summed E-state index contributed by atoms with van der Waals surface area (Å²) in [6, 6.07) is 0.820. The lowest BCUT2D eigenvalue weighted by Crippen LogP contribution is -2.53. The summed E-state index contributed by atoms with van der Waals surface area (Å²) in [5.74, 6) is 0.923. The first-order valence-electron chi connectivity index (χ1n) is 5.68. The zero-order valence-electron chi connectivity index (χ0n) is 8.90. The van der Waals surface area contributed by atoms with Crippen LogP contribution in [0.4, 0.5) is 0 Å². The normalized spacial score (nSPS) is 44.8. The van der Waals surface area contributed by atoms with Crippen molar-refractivity contribution in [3.05, 3.63) is 0 Å². The van der Waals surface area contributed by atoms with Crippen molar-refractivity contribution in [3.8, 4) is 0 Å². The van der Waals surface area contributed by atoms with Crippen LogP contribution in [-0.4, -0.2) is 24.7 Å². The van der Waals surface area contributed by atoms with Crippen LogP contribution in [0.5, 0.6) is 0 Å². The fourth-order valence-electron chi connectivity index (χ4n) is 2.23. The van der Waals surface area contributed by atoms with Gasteiger partial charge >= 0.3 is 0 Å². The molecule has 0 spiro atoms. The highest BCUT2D eigenvalue weighted by Gasteiger charge is 2.34. The summed E-state index contributed by atoms with van der Waals surface area (Å²) in [5, 5.41) is 7.29. The standard InChI is InChI=1S/C11H22N2/c1-9-7-10(9)12-8-11(2)5-3-4-6-13-11/h9-10,12-13H,3-8H2,1-2H3. The molecule has 2 nitrogen and oxygen atoms in total. The van der Waals surface area contributed by atoms with E-state index in [1.807, 2.05) is 0 Å². The van der Waals surface area contributed by atoms with E-state index >= 15 is 0 Å². The van der Waals surface area contributed by atoms with Crippen LogP contribution in [0.1, 0.15) is 39.5 Å². The Bertz CT molecular complexity index is 173. The van der Waals surface area contributed by atoms with Crippen LogP contribution in [0.3, 0.4) is 0 Å². The van der Waals surface area contributed by atoms with Crippen LogP contribution < -0.4 is 10.6 Å². The maximum atomic E-state index is 3.65. The number of hydrogen-bond donors (Lipinski definition) is 2. The van der Waals surface area contributed by atoms with Crippen LogP contribution in [0.2, 0.25) is 0 Å². The van der Waals surface area contributed by atoms with Crippen molar-refractivity contribution in [3.63, 3.8) is 0 Å². The fourth-order valence-corrected chi connectivity index (χ4v) is 2.23. The van der Waals surface area contributed by atoms with E-state index in [0.717, 1.165) is 18.5 Å². The highest BCUT2D eigenvalue weighted by Crippen LogP contribution is 2.29. The van der Waals surface area contributed by atoms with Crippen molar-refractivity contribution in [2.45, 2.75) is 51.1 Å². The number of nitrogens with one attached hydrogen (secondary N) is 2. The Morgan fingerprint density at radius 3 is 2.77 bits per heavy atom. The largest absolute Gasteiger partial charge is 0.312 e. The molecule has 0 amide bonds. The molecule has 2 heteroatoms. The van der Waals surface area contributed by atoms with E-state index in [4.69, 9.17) is 0 Å². The molecule has 2 fully saturated rings. The first-order chi connectivity index (χ1) is 6.20. The molecule has 0 bridgehead atoms. The topological polar surface area (TPSA) is 24.1 Å². The molecule has 0 aromatic heterocycles. The Balaban J connectivity index is 1.72. The van der Waals surface area contributed by atoms with Gasteiger partial charge in [-0.3, -0.25) is 0 Å². The molecule has 2 N–H and O–H groups in total. The van der Waals surface area contributed by atoms with Crippen molar-refractivity contribution in [2.24, 2.45) is 5.92 Å². The summed E-state index contributed by atoms with van der Waals surface area (Å²) >= 11 is 0. The minimum absolute atomic E-state index is 0.376. The van der Waals surface area contributed by atoms with E-state index in [0.29, 0.717) is 5.54 Å². The van der Waals surface area contributed by atoms with Crippen LogP contribution in [0, 0.1) is 5.92 Å². The number of piperidine rings is 1. The molecule has 3 unspecified atom stereocenters. The molecule has 0 aromatic carbocycles. The number of hydrogen-bond acceptors (Lipinski definition) is 2. The lowest BCUT2D eigenvalue weighted by atomic mass is 9.91. The molecule has 2 rings (SSSR count). The van der Waals surface area contributed by atoms with Crippen molar-refractivity contribution in [2.75, 3.05) is 13.1 Å². The Hall–Kier alpha value is -0.0800. The second-order valence-corrected chi connectivity index (χ2v) is 5.14. The van der Waals surface area contributed by atoms with Gasteiger partial charge in [0.15, 0.2) is 0 Å². The Morgan fingerprint density at radius 1 is 1.46 bits per heavy atom. The Morgan fingerprint density at radius 2 is 2.23 bits per heavy atom. The molecule has 0 radical (unpaired) electrons. The molecule has 1 aliphatic carbocycles. The van der Waals surface area contributed by atoms with Crippen molar-refractivity contribution in [1.82, 2.24) is 10.6 Å². The monoisotopic (exact) mass is 182 g/mol. The third-order valence-electron chi connectivity index (χ3n) is 3.57. The maximum Gasteiger partial charge on any atom is 0.0278 e. The van der Waals surface area contributed by atoms with E-state index < -0.39 is 0 Å². The third kappa shape index (κ3) is 2.44. The maximum absolute atomic E-state index is 3.65. The molecular weight excluding hydrogens is 160 g/mol. The van der Waals surface area contributed by atoms with Gasteiger partial charge in [0.1, 0.15) is 0 Å². The van der Waals surface area contributed by atoms with Gasteiger partial charge in [-0.15, -0.1) is 0 Å². The zero-order valence-corrected chi connectivity index (χ0v) is 8.90. The highest BCUT2D eigenvalue weighted by molar-refractivity contribution is 4.95. The molecular formula is C11H22N2. The zero-order chi connectivity index (χ0) is 9.31. The predicted octanol–water partition coefficient (Wildman–Crippen LogP) is 1.52. The Labute approximate surface area is 81.5 Å². The van der Waals surface area contributed by atoms with Gasteiger partial charge in [-0.05, 0) is 38.6 Å². The smallest absolute Gasteiger partial charge is 0.0278 e. The average Bonchev–Trinajstić information content (AvgIpc) is 2.80. The molecule has 76 valence electrons. The Kier molecular flexibility index (Phi) is 2.61. The van der Waals surface area contributed by atoms with E-state index in [2.05, 4.69) is 24.5 Å². The summed E-state index contributed by atoms with van der Waals surface area (Å²) in [6.45, 7) is 7.04. The van der Waals surface area contributed by atoms with Gasteiger partial charge in [0.05, 0.1) is 0 Å². The van der Waals surface area contributed by atoms with Crippen LogP contribution in [0.15, 0.2) is 0 Å².